The molecule has 0 radical (unpaired) electrons. The molecule has 0 aliphatic rings. The minimum Gasteiger partial charge on any atom is -0.488 e. The summed E-state index contributed by atoms with van der Waals surface area (Å²) >= 11 is 0. The summed E-state index contributed by atoms with van der Waals surface area (Å²) in [6, 6.07) is 25.3. The zero-order chi connectivity index (χ0) is 24.1. The molecule has 0 atom stereocenters. The van der Waals surface area contributed by atoms with Crippen LogP contribution >= 0.6 is 0 Å². The maximum absolute atomic E-state index is 13.6. The number of rotatable bonds is 6. The number of nitrogens with one attached hydrogen (secondary N) is 1. The van der Waals surface area contributed by atoms with Crippen LogP contribution in [0.3, 0.4) is 0 Å². The van der Waals surface area contributed by atoms with Crippen molar-refractivity contribution in [3.63, 3.8) is 0 Å². The van der Waals surface area contributed by atoms with Crippen molar-refractivity contribution >= 4 is 28.4 Å². The van der Waals surface area contributed by atoms with Gasteiger partial charge in [0, 0.05) is 11.3 Å². The summed E-state index contributed by atoms with van der Waals surface area (Å²) in [5.41, 5.74) is 3.81. The molecule has 4 rings (SSSR count). The van der Waals surface area contributed by atoms with Crippen LogP contribution in [0.4, 0.5) is 10.1 Å². The monoisotopic (exact) mass is 450 g/mol. The number of ether oxygens (including phenoxy) is 1. The fourth-order valence-corrected chi connectivity index (χ4v) is 3.69. The van der Waals surface area contributed by atoms with Crippen LogP contribution in [0.1, 0.15) is 22.3 Å². The molecule has 0 heterocycles. The lowest BCUT2D eigenvalue weighted by Crippen LogP contribution is -2.14. The van der Waals surface area contributed by atoms with Gasteiger partial charge in [0.05, 0.1) is 0 Å². The number of hydrogen-bond donors (Lipinski definition) is 1. The van der Waals surface area contributed by atoms with Gasteiger partial charge in [0.1, 0.15) is 29.8 Å². The number of aryl methyl sites for hydroxylation is 2. The smallest absolute Gasteiger partial charge is 0.266 e. The maximum Gasteiger partial charge on any atom is 0.266 e. The Morgan fingerprint density at radius 2 is 1.85 bits per heavy atom. The lowest BCUT2D eigenvalue weighted by Gasteiger charge is -2.13. The number of amides is 1. The molecule has 0 unspecified atom stereocenters. The Bertz CT molecular complexity index is 1450. The molecule has 0 saturated heterocycles. The predicted molar refractivity (Wildman–Crippen MR) is 133 cm³/mol. The molecule has 0 spiro atoms. The van der Waals surface area contributed by atoms with Gasteiger partial charge in [0.2, 0.25) is 0 Å². The van der Waals surface area contributed by atoms with Crippen molar-refractivity contribution in [1.82, 2.24) is 0 Å². The summed E-state index contributed by atoms with van der Waals surface area (Å²) in [4.78, 5) is 13.0. The van der Waals surface area contributed by atoms with E-state index in [0.717, 1.165) is 21.9 Å². The lowest BCUT2D eigenvalue weighted by atomic mass is 10.0. The van der Waals surface area contributed by atoms with Crippen molar-refractivity contribution in [2.24, 2.45) is 0 Å². The van der Waals surface area contributed by atoms with Gasteiger partial charge < -0.3 is 10.1 Å². The summed E-state index contributed by atoms with van der Waals surface area (Å²) in [5.74, 6) is -0.343. The molecule has 5 heteroatoms. The highest BCUT2D eigenvalue weighted by Crippen LogP contribution is 2.31. The molecule has 1 amide bonds. The van der Waals surface area contributed by atoms with E-state index in [0.29, 0.717) is 22.6 Å². The molecular weight excluding hydrogens is 427 g/mol. The van der Waals surface area contributed by atoms with E-state index in [4.69, 9.17) is 4.74 Å². The highest BCUT2D eigenvalue weighted by atomic mass is 19.1. The van der Waals surface area contributed by atoms with Crippen molar-refractivity contribution in [2.75, 3.05) is 5.32 Å². The van der Waals surface area contributed by atoms with Crippen molar-refractivity contribution in [3.8, 4) is 11.8 Å². The summed E-state index contributed by atoms with van der Waals surface area (Å²) < 4.78 is 19.6. The number of nitrogens with zero attached hydrogens (tertiary/aromatic N) is 1. The van der Waals surface area contributed by atoms with Crippen molar-refractivity contribution in [1.29, 1.82) is 5.26 Å². The Morgan fingerprint density at radius 1 is 1.03 bits per heavy atom. The number of anilines is 1. The first kappa shape index (κ1) is 22.8. The first-order chi connectivity index (χ1) is 16.4. The Hall–Kier alpha value is -4.43. The second kappa shape index (κ2) is 10.0. The zero-order valence-electron chi connectivity index (χ0n) is 18.9. The standard InChI is InChI=1S/C29H23FN2O2/c1-19-10-11-20(2)27(14-19)32-29(33)23(17-31)16-26-25-9-4-3-7-22(25)12-13-28(26)34-18-21-6-5-8-24(30)15-21/h3-16H,18H2,1-2H3,(H,32,33)/b23-16+. The van der Waals surface area contributed by atoms with E-state index in [1.807, 2.05) is 68.4 Å². The highest BCUT2D eigenvalue weighted by molar-refractivity contribution is 6.11. The molecule has 4 aromatic rings. The SMILES string of the molecule is Cc1ccc(C)c(NC(=O)/C(C#N)=C/c2c(OCc3cccc(F)c3)ccc3ccccc23)c1. The Balaban J connectivity index is 1.71. The van der Waals surface area contributed by atoms with Crippen LogP contribution < -0.4 is 10.1 Å². The van der Waals surface area contributed by atoms with E-state index >= 15 is 0 Å². The second-order valence-electron chi connectivity index (χ2n) is 8.06. The van der Waals surface area contributed by atoms with Gasteiger partial charge in [0.15, 0.2) is 0 Å². The number of carbonyl (C=O) groups excluding carboxylic acids is 1. The fourth-order valence-electron chi connectivity index (χ4n) is 3.69. The van der Waals surface area contributed by atoms with Gasteiger partial charge in [-0.2, -0.15) is 5.26 Å². The normalized spacial score (nSPS) is 11.2. The molecular formula is C29H23FN2O2. The van der Waals surface area contributed by atoms with Gasteiger partial charge in [-0.15, -0.1) is 0 Å². The fraction of sp³-hybridized carbons (Fsp3) is 0.103. The van der Waals surface area contributed by atoms with E-state index < -0.39 is 5.91 Å². The van der Waals surface area contributed by atoms with Gasteiger partial charge in [0.25, 0.3) is 5.91 Å². The Kier molecular flexibility index (Phi) is 6.70. The van der Waals surface area contributed by atoms with Crippen LogP contribution in [0.2, 0.25) is 0 Å². The van der Waals surface area contributed by atoms with E-state index in [9.17, 15) is 14.4 Å². The minimum absolute atomic E-state index is 0.0483. The zero-order valence-corrected chi connectivity index (χ0v) is 18.9. The molecule has 1 N–H and O–H groups in total. The van der Waals surface area contributed by atoms with E-state index in [-0.39, 0.29) is 18.0 Å². The second-order valence-corrected chi connectivity index (χ2v) is 8.06. The minimum atomic E-state index is -0.500. The van der Waals surface area contributed by atoms with Crippen molar-refractivity contribution in [2.45, 2.75) is 20.5 Å². The summed E-state index contributed by atoms with van der Waals surface area (Å²) in [5, 5.41) is 14.4. The summed E-state index contributed by atoms with van der Waals surface area (Å²) in [6.45, 7) is 3.98. The number of benzene rings is 4. The number of halogens is 1. The van der Waals surface area contributed by atoms with E-state index in [2.05, 4.69) is 5.32 Å². The van der Waals surface area contributed by atoms with Crippen LogP contribution in [0.25, 0.3) is 16.8 Å². The summed E-state index contributed by atoms with van der Waals surface area (Å²) in [7, 11) is 0. The first-order valence-corrected chi connectivity index (χ1v) is 10.8. The van der Waals surface area contributed by atoms with Crippen LogP contribution in [0, 0.1) is 31.0 Å². The molecule has 34 heavy (non-hydrogen) atoms. The molecule has 0 fully saturated rings. The van der Waals surface area contributed by atoms with Crippen molar-refractivity contribution < 1.29 is 13.9 Å². The first-order valence-electron chi connectivity index (χ1n) is 10.8. The maximum atomic E-state index is 13.6. The number of nitriles is 1. The quantitative estimate of drug-likeness (QED) is 0.262. The van der Waals surface area contributed by atoms with Gasteiger partial charge in [-0.1, -0.05) is 54.6 Å². The van der Waals surface area contributed by atoms with E-state index in [1.165, 1.54) is 12.1 Å². The van der Waals surface area contributed by atoms with Crippen LogP contribution in [-0.4, -0.2) is 5.91 Å². The molecule has 4 aromatic carbocycles. The van der Waals surface area contributed by atoms with Crippen LogP contribution in [-0.2, 0) is 11.4 Å². The number of fused-ring (bicyclic) bond motifs is 1. The van der Waals surface area contributed by atoms with Crippen LogP contribution in [0.5, 0.6) is 5.75 Å². The number of hydrogen-bond acceptors (Lipinski definition) is 3. The van der Waals surface area contributed by atoms with Gasteiger partial charge >= 0.3 is 0 Å². The molecule has 0 aromatic heterocycles. The Labute approximate surface area is 197 Å². The molecule has 0 bridgehead atoms. The largest absolute Gasteiger partial charge is 0.488 e. The number of carbonyl (C=O) groups is 1. The van der Waals surface area contributed by atoms with Crippen LogP contribution in [0.15, 0.2) is 84.4 Å². The molecule has 0 aliphatic heterocycles. The predicted octanol–water partition coefficient (Wildman–Crippen LogP) is 6.72. The third-order valence-corrected chi connectivity index (χ3v) is 5.51. The molecule has 4 nitrogen and oxygen atoms in total. The topological polar surface area (TPSA) is 62.1 Å². The Morgan fingerprint density at radius 3 is 2.65 bits per heavy atom. The van der Waals surface area contributed by atoms with E-state index in [1.54, 1.807) is 24.3 Å². The summed E-state index contributed by atoms with van der Waals surface area (Å²) in [6.07, 6.45) is 1.55. The third kappa shape index (κ3) is 5.13. The van der Waals surface area contributed by atoms with Gasteiger partial charge in [-0.3, -0.25) is 4.79 Å². The third-order valence-electron chi connectivity index (χ3n) is 5.51. The highest BCUT2D eigenvalue weighted by Gasteiger charge is 2.15. The molecule has 168 valence electrons. The van der Waals surface area contributed by atoms with Gasteiger partial charge in [-0.25, -0.2) is 4.39 Å². The molecule has 0 saturated carbocycles. The average molecular weight is 451 g/mol. The lowest BCUT2D eigenvalue weighted by molar-refractivity contribution is -0.112. The van der Waals surface area contributed by atoms with Gasteiger partial charge in [-0.05, 0) is 71.7 Å². The van der Waals surface area contributed by atoms with Crippen molar-refractivity contribution in [3.05, 3.63) is 113 Å². The average Bonchev–Trinajstić information content (AvgIpc) is 2.83. The molecule has 0 aliphatic carbocycles.